The zero-order valence-corrected chi connectivity index (χ0v) is 12.0. The normalized spacial score (nSPS) is 20.6. The summed E-state index contributed by atoms with van der Waals surface area (Å²) in [5.41, 5.74) is 4.94. The first-order valence-electron chi connectivity index (χ1n) is 7.36. The Morgan fingerprint density at radius 3 is 2.50 bits per heavy atom. The maximum absolute atomic E-state index is 11.5. The first-order valence-corrected chi connectivity index (χ1v) is 7.36. The number of unbranched alkanes of at least 4 members (excludes halogenated alkanes) is 1. The predicted molar refractivity (Wildman–Crippen MR) is 75.4 cm³/mol. The minimum Gasteiger partial charge on any atom is -0.368 e. The Morgan fingerprint density at radius 1 is 1.28 bits per heavy atom. The fraction of sp³-hybridized carbons (Fsp3) is 0.929. The van der Waals surface area contributed by atoms with Crippen molar-refractivity contribution >= 4 is 5.91 Å². The number of carbonyl (C=O) groups excluding carboxylic acids is 1. The van der Waals surface area contributed by atoms with Crippen molar-refractivity contribution in [3.8, 4) is 0 Å². The van der Waals surface area contributed by atoms with Gasteiger partial charge in [-0.25, -0.2) is 0 Å². The van der Waals surface area contributed by atoms with Crippen LogP contribution in [0.2, 0.25) is 0 Å². The number of rotatable bonds is 8. The number of nitrogens with one attached hydrogen (secondary N) is 1. The van der Waals surface area contributed by atoms with Gasteiger partial charge < -0.3 is 16.0 Å². The van der Waals surface area contributed by atoms with Crippen LogP contribution in [0.25, 0.3) is 0 Å². The van der Waals surface area contributed by atoms with Gasteiger partial charge in [-0.1, -0.05) is 13.3 Å². The second-order valence-electron chi connectivity index (χ2n) is 5.59. The van der Waals surface area contributed by atoms with Crippen molar-refractivity contribution < 1.29 is 4.79 Å². The summed E-state index contributed by atoms with van der Waals surface area (Å²) in [6, 6.07) is 0. The molecule has 0 aromatic rings. The molecule has 0 aromatic carbocycles. The molecule has 1 unspecified atom stereocenters. The minimum atomic E-state index is -0.531. The molecular formula is C14H29N3O. The molecule has 1 aliphatic heterocycles. The molecule has 4 heteroatoms. The van der Waals surface area contributed by atoms with Crippen LogP contribution in [-0.4, -0.2) is 42.5 Å². The van der Waals surface area contributed by atoms with Crippen LogP contribution in [0.5, 0.6) is 0 Å². The van der Waals surface area contributed by atoms with E-state index in [4.69, 9.17) is 5.73 Å². The standard InChI is InChI=1S/C14H29N3O/c1-3-16-14(2,13(15)18)9-5-8-12-17-10-6-4-7-11-17/h16H,3-12H2,1-2H3,(H2,15,18). The molecule has 0 aromatic heterocycles. The Kier molecular flexibility index (Phi) is 6.65. The summed E-state index contributed by atoms with van der Waals surface area (Å²) in [7, 11) is 0. The van der Waals surface area contributed by atoms with Gasteiger partial charge in [-0.3, -0.25) is 4.79 Å². The van der Waals surface area contributed by atoms with Gasteiger partial charge in [0.1, 0.15) is 0 Å². The molecule has 4 nitrogen and oxygen atoms in total. The average molecular weight is 255 g/mol. The Labute approximate surface area is 111 Å². The van der Waals surface area contributed by atoms with Gasteiger partial charge in [-0.05, 0) is 65.2 Å². The first-order chi connectivity index (χ1) is 8.58. The van der Waals surface area contributed by atoms with Gasteiger partial charge >= 0.3 is 0 Å². The molecule has 1 saturated heterocycles. The van der Waals surface area contributed by atoms with Gasteiger partial charge in [0, 0.05) is 0 Å². The van der Waals surface area contributed by atoms with Gasteiger partial charge in [0.25, 0.3) is 0 Å². The zero-order chi connectivity index (χ0) is 13.4. The Balaban J connectivity index is 2.20. The summed E-state index contributed by atoms with van der Waals surface area (Å²) in [6.45, 7) is 8.38. The van der Waals surface area contributed by atoms with Crippen LogP contribution in [0.1, 0.15) is 52.4 Å². The molecule has 0 bridgehead atoms. The third-order valence-corrected chi connectivity index (χ3v) is 3.96. The van der Waals surface area contributed by atoms with E-state index in [0.717, 1.165) is 25.8 Å². The van der Waals surface area contributed by atoms with Crippen molar-refractivity contribution in [2.24, 2.45) is 5.73 Å². The number of carbonyl (C=O) groups is 1. The molecule has 0 spiro atoms. The van der Waals surface area contributed by atoms with E-state index in [2.05, 4.69) is 10.2 Å². The number of hydrogen-bond donors (Lipinski definition) is 2. The highest BCUT2D eigenvalue weighted by Crippen LogP contribution is 2.15. The SMILES string of the molecule is CCNC(C)(CCCCN1CCCCC1)C(N)=O. The van der Waals surface area contributed by atoms with Gasteiger partial charge in [0.15, 0.2) is 0 Å². The summed E-state index contributed by atoms with van der Waals surface area (Å²) in [5, 5.41) is 3.21. The van der Waals surface area contributed by atoms with Crippen molar-refractivity contribution in [1.29, 1.82) is 0 Å². The van der Waals surface area contributed by atoms with E-state index in [1.165, 1.54) is 38.9 Å². The molecule has 1 heterocycles. The van der Waals surface area contributed by atoms with E-state index in [9.17, 15) is 4.79 Å². The lowest BCUT2D eigenvalue weighted by Crippen LogP contribution is -2.53. The molecule has 1 amide bonds. The molecule has 18 heavy (non-hydrogen) atoms. The minimum absolute atomic E-state index is 0.234. The van der Waals surface area contributed by atoms with E-state index in [1.807, 2.05) is 13.8 Å². The van der Waals surface area contributed by atoms with Gasteiger partial charge in [0.05, 0.1) is 5.54 Å². The maximum Gasteiger partial charge on any atom is 0.237 e. The number of likely N-dealkylation sites (N-methyl/N-ethyl adjacent to an activating group) is 1. The molecular weight excluding hydrogens is 226 g/mol. The fourth-order valence-corrected chi connectivity index (χ4v) is 2.69. The third-order valence-electron chi connectivity index (χ3n) is 3.96. The maximum atomic E-state index is 11.5. The molecule has 1 rings (SSSR count). The highest BCUT2D eigenvalue weighted by atomic mass is 16.1. The second kappa shape index (κ2) is 7.74. The van der Waals surface area contributed by atoms with Crippen LogP contribution in [0.15, 0.2) is 0 Å². The number of nitrogens with zero attached hydrogens (tertiary/aromatic N) is 1. The predicted octanol–water partition coefficient (Wildman–Crippen LogP) is 1.50. The largest absolute Gasteiger partial charge is 0.368 e. The van der Waals surface area contributed by atoms with Crippen LogP contribution in [0.4, 0.5) is 0 Å². The summed E-state index contributed by atoms with van der Waals surface area (Å²) >= 11 is 0. The van der Waals surface area contributed by atoms with E-state index in [-0.39, 0.29) is 5.91 Å². The number of primary amides is 1. The Bertz CT molecular complexity index is 251. The van der Waals surface area contributed by atoms with E-state index < -0.39 is 5.54 Å². The summed E-state index contributed by atoms with van der Waals surface area (Å²) in [5.74, 6) is -0.234. The van der Waals surface area contributed by atoms with E-state index >= 15 is 0 Å². The van der Waals surface area contributed by atoms with Crippen LogP contribution >= 0.6 is 0 Å². The van der Waals surface area contributed by atoms with Gasteiger partial charge in [-0.2, -0.15) is 0 Å². The van der Waals surface area contributed by atoms with Crippen LogP contribution in [0.3, 0.4) is 0 Å². The molecule has 0 aliphatic carbocycles. The van der Waals surface area contributed by atoms with E-state index in [0.29, 0.717) is 0 Å². The molecule has 106 valence electrons. The molecule has 1 atom stereocenters. The Hall–Kier alpha value is -0.610. The van der Waals surface area contributed by atoms with Crippen LogP contribution < -0.4 is 11.1 Å². The molecule has 1 fully saturated rings. The van der Waals surface area contributed by atoms with Crippen LogP contribution in [0, 0.1) is 0 Å². The summed E-state index contributed by atoms with van der Waals surface area (Å²) in [6.07, 6.45) is 7.13. The molecule has 0 saturated carbocycles. The number of amides is 1. The monoisotopic (exact) mass is 255 g/mol. The van der Waals surface area contributed by atoms with Crippen molar-refractivity contribution in [2.75, 3.05) is 26.2 Å². The van der Waals surface area contributed by atoms with Crippen molar-refractivity contribution in [1.82, 2.24) is 10.2 Å². The highest BCUT2D eigenvalue weighted by molar-refractivity contribution is 5.84. The average Bonchev–Trinajstić information content (AvgIpc) is 2.36. The fourth-order valence-electron chi connectivity index (χ4n) is 2.69. The van der Waals surface area contributed by atoms with Crippen molar-refractivity contribution in [2.45, 2.75) is 57.9 Å². The zero-order valence-electron chi connectivity index (χ0n) is 12.0. The van der Waals surface area contributed by atoms with Gasteiger partial charge in [0.2, 0.25) is 5.91 Å². The Morgan fingerprint density at radius 2 is 1.94 bits per heavy atom. The molecule has 1 aliphatic rings. The molecule has 0 radical (unpaired) electrons. The highest BCUT2D eigenvalue weighted by Gasteiger charge is 2.28. The van der Waals surface area contributed by atoms with Gasteiger partial charge in [-0.15, -0.1) is 0 Å². The first kappa shape index (κ1) is 15.4. The summed E-state index contributed by atoms with van der Waals surface area (Å²) in [4.78, 5) is 14.0. The number of hydrogen-bond acceptors (Lipinski definition) is 3. The lowest BCUT2D eigenvalue weighted by atomic mass is 9.93. The third kappa shape index (κ3) is 4.94. The van der Waals surface area contributed by atoms with E-state index in [1.54, 1.807) is 0 Å². The number of nitrogens with two attached hydrogens (primary N) is 1. The number of piperidine rings is 1. The van der Waals surface area contributed by atoms with Crippen LogP contribution in [-0.2, 0) is 4.79 Å². The second-order valence-corrected chi connectivity index (χ2v) is 5.59. The van der Waals surface area contributed by atoms with Crippen molar-refractivity contribution in [3.05, 3.63) is 0 Å². The summed E-state index contributed by atoms with van der Waals surface area (Å²) < 4.78 is 0. The van der Waals surface area contributed by atoms with Crippen molar-refractivity contribution in [3.63, 3.8) is 0 Å². The quantitative estimate of drug-likeness (QED) is 0.646. The topological polar surface area (TPSA) is 58.4 Å². The molecule has 3 N–H and O–H groups in total. The lowest BCUT2D eigenvalue weighted by Gasteiger charge is -2.29. The smallest absolute Gasteiger partial charge is 0.237 e. The number of likely N-dealkylation sites (tertiary alicyclic amines) is 1. The lowest BCUT2D eigenvalue weighted by molar-refractivity contribution is -0.124.